The molecular formula is C24H22N4O2. The van der Waals surface area contributed by atoms with Gasteiger partial charge in [-0.15, -0.1) is 10.2 Å². The lowest BCUT2D eigenvalue weighted by Crippen LogP contribution is -2.33. The molecule has 6 heteroatoms. The molecule has 2 N–H and O–H groups in total. The summed E-state index contributed by atoms with van der Waals surface area (Å²) in [4.78, 5) is 12.8. The van der Waals surface area contributed by atoms with E-state index in [2.05, 4.69) is 20.8 Å². The number of carbonyl (C=O) groups excluding carboxylic acids is 1. The van der Waals surface area contributed by atoms with Crippen LogP contribution in [-0.4, -0.2) is 16.2 Å². The third kappa shape index (κ3) is 4.22. The molecule has 0 fully saturated rings. The average molecular weight is 398 g/mol. The van der Waals surface area contributed by atoms with Gasteiger partial charge < -0.3 is 15.1 Å². The van der Waals surface area contributed by atoms with Crippen molar-refractivity contribution in [3.63, 3.8) is 0 Å². The number of carbonyl (C=O) groups is 1. The molecule has 1 aromatic heterocycles. The Hall–Kier alpha value is -3.93. The number of benzene rings is 3. The van der Waals surface area contributed by atoms with Gasteiger partial charge in [0.1, 0.15) is 6.04 Å². The number of aromatic nitrogens is 2. The highest BCUT2D eigenvalue weighted by molar-refractivity contribution is 5.90. The standard InChI is InChI=1S/C24H22N4O2/c1-16-10-9-15-20(17(16)2)25-24(29)26-21(18-11-5-3-6-12-18)23-28-27-22(30-23)19-13-7-4-8-14-19/h3-15,21H,1-2H3,(H2,25,26,29)/t21-/m0/s1. The Labute approximate surface area is 175 Å². The first-order valence-corrected chi connectivity index (χ1v) is 9.69. The van der Waals surface area contributed by atoms with Gasteiger partial charge in [-0.3, -0.25) is 0 Å². The number of rotatable bonds is 5. The predicted molar refractivity (Wildman–Crippen MR) is 116 cm³/mol. The molecule has 0 bridgehead atoms. The number of amides is 2. The highest BCUT2D eigenvalue weighted by Gasteiger charge is 2.23. The number of nitrogens with one attached hydrogen (secondary N) is 2. The lowest BCUT2D eigenvalue weighted by atomic mass is 10.1. The summed E-state index contributed by atoms with van der Waals surface area (Å²) in [5, 5.41) is 14.2. The van der Waals surface area contributed by atoms with Gasteiger partial charge in [0.2, 0.25) is 11.8 Å². The van der Waals surface area contributed by atoms with Crippen LogP contribution >= 0.6 is 0 Å². The smallest absolute Gasteiger partial charge is 0.320 e. The minimum Gasteiger partial charge on any atom is -0.418 e. The summed E-state index contributed by atoms with van der Waals surface area (Å²) in [5.74, 6) is 0.722. The van der Waals surface area contributed by atoms with Gasteiger partial charge in [0.05, 0.1) is 0 Å². The van der Waals surface area contributed by atoms with Crippen LogP contribution in [-0.2, 0) is 0 Å². The lowest BCUT2D eigenvalue weighted by molar-refractivity contribution is 0.248. The molecule has 4 rings (SSSR count). The van der Waals surface area contributed by atoms with Crippen molar-refractivity contribution in [3.8, 4) is 11.5 Å². The maximum absolute atomic E-state index is 12.8. The van der Waals surface area contributed by atoms with E-state index in [-0.39, 0.29) is 6.03 Å². The molecule has 0 spiro atoms. The van der Waals surface area contributed by atoms with E-state index < -0.39 is 6.04 Å². The molecular weight excluding hydrogens is 376 g/mol. The molecule has 0 radical (unpaired) electrons. The van der Waals surface area contributed by atoms with Gasteiger partial charge in [-0.05, 0) is 48.7 Å². The fraction of sp³-hybridized carbons (Fsp3) is 0.125. The fourth-order valence-electron chi connectivity index (χ4n) is 3.16. The molecule has 0 unspecified atom stereocenters. The van der Waals surface area contributed by atoms with Gasteiger partial charge >= 0.3 is 6.03 Å². The molecule has 2 amide bonds. The van der Waals surface area contributed by atoms with E-state index in [1.807, 2.05) is 92.7 Å². The molecule has 150 valence electrons. The first-order chi connectivity index (χ1) is 14.6. The zero-order valence-electron chi connectivity index (χ0n) is 16.8. The molecule has 4 aromatic rings. The third-order valence-electron chi connectivity index (χ3n) is 4.97. The van der Waals surface area contributed by atoms with Crippen molar-refractivity contribution in [2.75, 3.05) is 5.32 Å². The Morgan fingerprint density at radius 1 is 0.867 bits per heavy atom. The van der Waals surface area contributed by atoms with Gasteiger partial charge in [-0.25, -0.2) is 4.79 Å². The van der Waals surface area contributed by atoms with Gasteiger partial charge in [0, 0.05) is 11.3 Å². The minimum atomic E-state index is -0.582. The van der Waals surface area contributed by atoms with Gasteiger partial charge in [-0.2, -0.15) is 0 Å². The largest absolute Gasteiger partial charge is 0.418 e. The molecule has 0 aliphatic rings. The van der Waals surface area contributed by atoms with Crippen LogP contribution in [0.1, 0.15) is 28.6 Å². The van der Waals surface area contributed by atoms with E-state index in [1.54, 1.807) is 0 Å². The average Bonchev–Trinajstić information content (AvgIpc) is 3.26. The Morgan fingerprint density at radius 2 is 1.57 bits per heavy atom. The van der Waals surface area contributed by atoms with E-state index in [0.717, 1.165) is 27.9 Å². The van der Waals surface area contributed by atoms with E-state index in [4.69, 9.17) is 4.42 Å². The summed E-state index contributed by atoms with van der Waals surface area (Å²) in [6, 6.07) is 23.9. The SMILES string of the molecule is Cc1cccc(NC(=O)N[C@@H](c2ccccc2)c2nnc(-c3ccccc3)o2)c1C. The van der Waals surface area contributed by atoms with Gasteiger partial charge in [0.15, 0.2) is 0 Å². The third-order valence-corrected chi connectivity index (χ3v) is 4.97. The normalized spacial score (nSPS) is 11.7. The maximum atomic E-state index is 12.8. The van der Waals surface area contributed by atoms with Crippen molar-refractivity contribution in [2.45, 2.75) is 19.9 Å². The quantitative estimate of drug-likeness (QED) is 0.480. The van der Waals surface area contributed by atoms with E-state index >= 15 is 0 Å². The Bertz CT molecular complexity index is 1140. The molecule has 0 aliphatic heterocycles. The number of aryl methyl sites for hydroxylation is 1. The van der Waals surface area contributed by atoms with Crippen molar-refractivity contribution >= 4 is 11.7 Å². The highest BCUT2D eigenvalue weighted by Crippen LogP contribution is 2.25. The minimum absolute atomic E-state index is 0.316. The summed E-state index contributed by atoms with van der Waals surface area (Å²) in [6.45, 7) is 3.98. The second-order valence-electron chi connectivity index (χ2n) is 7.00. The van der Waals surface area contributed by atoms with Crippen LogP contribution < -0.4 is 10.6 Å². The molecule has 1 atom stereocenters. The zero-order valence-corrected chi connectivity index (χ0v) is 16.8. The van der Waals surface area contributed by atoms with Gasteiger partial charge in [0.25, 0.3) is 0 Å². The van der Waals surface area contributed by atoms with Crippen LogP contribution in [0, 0.1) is 13.8 Å². The molecule has 0 aliphatic carbocycles. The van der Waals surface area contributed by atoms with Crippen LogP contribution in [0.25, 0.3) is 11.5 Å². The molecule has 0 saturated heterocycles. The molecule has 30 heavy (non-hydrogen) atoms. The Balaban J connectivity index is 1.61. The van der Waals surface area contributed by atoms with Crippen molar-refractivity contribution in [2.24, 2.45) is 0 Å². The second-order valence-corrected chi connectivity index (χ2v) is 7.00. The number of anilines is 1. The van der Waals surface area contributed by atoms with Crippen LogP contribution in [0.4, 0.5) is 10.5 Å². The Morgan fingerprint density at radius 3 is 2.30 bits per heavy atom. The van der Waals surface area contributed by atoms with Crippen LogP contribution in [0.5, 0.6) is 0 Å². The monoisotopic (exact) mass is 398 g/mol. The van der Waals surface area contributed by atoms with E-state index in [1.165, 1.54) is 0 Å². The van der Waals surface area contributed by atoms with Crippen molar-refractivity contribution in [3.05, 3.63) is 101 Å². The summed E-state index contributed by atoms with van der Waals surface area (Å²) < 4.78 is 5.92. The lowest BCUT2D eigenvalue weighted by Gasteiger charge is -2.17. The first-order valence-electron chi connectivity index (χ1n) is 9.69. The summed E-state index contributed by atoms with van der Waals surface area (Å²) >= 11 is 0. The van der Waals surface area contributed by atoms with Crippen molar-refractivity contribution < 1.29 is 9.21 Å². The summed E-state index contributed by atoms with van der Waals surface area (Å²) in [7, 11) is 0. The van der Waals surface area contributed by atoms with Crippen LogP contribution in [0.2, 0.25) is 0 Å². The summed E-state index contributed by atoms with van der Waals surface area (Å²) in [6.07, 6.45) is 0. The van der Waals surface area contributed by atoms with Gasteiger partial charge in [-0.1, -0.05) is 60.7 Å². The first kappa shape index (κ1) is 19.4. The Kier molecular flexibility index (Phi) is 5.57. The molecule has 0 saturated carbocycles. The number of hydrogen-bond donors (Lipinski definition) is 2. The predicted octanol–water partition coefficient (Wildman–Crippen LogP) is 5.26. The number of hydrogen-bond acceptors (Lipinski definition) is 4. The highest BCUT2D eigenvalue weighted by atomic mass is 16.4. The molecule has 6 nitrogen and oxygen atoms in total. The van der Waals surface area contributed by atoms with E-state index in [0.29, 0.717) is 11.8 Å². The number of urea groups is 1. The maximum Gasteiger partial charge on any atom is 0.320 e. The fourth-order valence-corrected chi connectivity index (χ4v) is 3.16. The zero-order chi connectivity index (χ0) is 20.9. The summed E-state index contributed by atoms with van der Waals surface area (Å²) in [5.41, 5.74) is 4.56. The van der Waals surface area contributed by atoms with Crippen LogP contribution in [0.3, 0.4) is 0 Å². The number of nitrogens with zero attached hydrogens (tertiary/aromatic N) is 2. The second kappa shape index (κ2) is 8.61. The molecule has 1 heterocycles. The van der Waals surface area contributed by atoms with E-state index in [9.17, 15) is 4.79 Å². The topological polar surface area (TPSA) is 80.0 Å². The molecule has 3 aromatic carbocycles. The van der Waals surface area contributed by atoms with Crippen molar-refractivity contribution in [1.82, 2.24) is 15.5 Å². The van der Waals surface area contributed by atoms with Crippen LogP contribution in [0.15, 0.2) is 83.3 Å². The van der Waals surface area contributed by atoms with Crippen molar-refractivity contribution in [1.29, 1.82) is 0 Å².